The van der Waals surface area contributed by atoms with Crippen molar-refractivity contribution in [3.63, 3.8) is 0 Å². The monoisotopic (exact) mass is 290 g/mol. The lowest BCUT2D eigenvalue weighted by atomic mass is 9.99. The average molecular weight is 290 g/mol. The van der Waals surface area contributed by atoms with Crippen LogP contribution in [0.5, 0.6) is 0 Å². The van der Waals surface area contributed by atoms with E-state index in [1.54, 1.807) is 0 Å². The van der Waals surface area contributed by atoms with E-state index in [2.05, 4.69) is 16.9 Å². The number of carbonyl (C=O) groups is 2. The van der Waals surface area contributed by atoms with Gasteiger partial charge in [-0.25, -0.2) is 9.59 Å². The lowest BCUT2D eigenvalue weighted by molar-refractivity contribution is -0.144. The molecule has 1 heterocycles. The molecule has 3 N–H and O–H groups in total. The lowest BCUT2D eigenvalue weighted by Gasteiger charge is -2.23. The van der Waals surface area contributed by atoms with Crippen LogP contribution >= 0.6 is 11.8 Å². The van der Waals surface area contributed by atoms with E-state index in [0.717, 1.165) is 25.0 Å². The van der Waals surface area contributed by atoms with E-state index in [-0.39, 0.29) is 6.61 Å². The first-order valence-electron chi connectivity index (χ1n) is 6.47. The Bertz CT molecular complexity index is 306. The van der Waals surface area contributed by atoms with Crippen LogP contribution in [0.15, 0.2) is 0 Å². The molecular weight excluding hydrogens is 268 g/mol. The predicted molar refractivity (Wildman–Crippen MR) is 74.6 cm³/mol. The molecule has 1 unspecified atom stereocenters. The molecule has 19 heavy (non-hydrogen) atoms. The average Bonchev–Trinajstić information content (AvgIpc) is 2.83. The minimum atomic E-state index is -1.26. The van der Waals surface area contributed by atoms with Crippen molar-refractivity contribution in [3.05, 3.63) is 0 Å². The van der Waals surface area contributed by atoms with Gasteiger partial charge in [-0.1, -0.05) is 6.42 Å². The molecule has 0 saturated carbocycles. The quantitative estimate of drug-likeness (QED) is 0.582. The van der Waals surface area contributed by atoms with Gasteiger partial charge >= 0.3 is 12.0 Å². The van der Waals surface area contributed by atoms with Gasteiger partial charge in [-0.15, -0.1) is 0 Å². The second-order valence-electron chi connectivity index (χ2n) is 4.62. The summed E-state index contributed by atoms with van der Waals surface area (Å²) in [5, 5.41) is 14.4. The molecule has 1 saturated heterocycles. The summed E-state index contributed by atoms with van der Waals surface area (Å²) in [5.74, 6) is 0.0891. The fraction of sp³-hybridized carbons (Fsp3) is 0.833. The Morgan fingerprint density at radius 2 is 2.16 bits per heavy atom. The molecular formula is C12H22N2O4S. The summed E-state index contributed by atoms with van der Waals surface area (Å²) in [5.41, 5.74) is -1.26. The molecule has 0 radical (unpaired) electrons. The summed E-state index contributed by atoms with van der Waals surface area (Å²) >= 11 is 1.81. The number of amides is 2. The Morgan fingerprint density at radius 3 is 2.74 bits per heavy atom. The first-order chi connectivity index (χ1) is 9.10. The highest BCUT2D eigenvalue weighted by Crippen LogP contribution is 2.18. The zero-order chi connectivity index (χ0) is 14.1. The van der Waals surface area contributed by atoms with Crippen LogP contribution < -0.4 is 10.6 Å². The zero-order valence-electron chi connectivity index (χ0n) is 11.2. The number of rotatable bonds is 8. The van der Waals surface area contributed by atoms with Crippen molar-refractivity contribution in [1.29, 1.82) is 0 Å². The van der Waals surface area contributed by atoms with Crippen LogP contribution in [0.2, 0.25) is 0 Å². The molecule has 0 spiro atoms. The number of unbranched alkanes of at least 4 members (excludes halogenated alkanes) is 2. The summed E-state index contributed by atoms with van der Waals surface area (Å²) in [6, 6.07) is -0.433. The van der Waals surface area contributed by atoms with Crippen LogP contribution in [0.3, 0.4) is 0 Å². The number of hydrogen-bond donors (Lipinski definition) is 3. The fourth-order valence-electron chi connectivity index (χ4n) is 1.90. The molecule has 6 nitrogen and oxygen atoms in total. The number of hydrogen-bond acceptors (Lipinski definition) is 4. The van der Waals surface area contributed by atoms with E-state index in [1.807, 2.05) is 11.8 Å². The maximum Gasteiger partial charge on any atom is 0.332 e. The summed E-state index contributed by atoms with van der Waals surface area (Å²) in [6.07, 6.45) is 5.49. The molecule has 0 aliphatic carbocycles. The van der Waals surface area contributed by atoms with Gasteiger partial charge in [0.1, 0.15) is 0 Å². The standard InChI is InChI=1S/C12H22N2O4S/c1-19-8-4-2-3-6-13-11(17)14-12(10(15)16)5-7-18-9-12/h2-9H2,1H3,(H,15,16)(H2,13,14,17). The van der Waals surface area contributed by atoms with Gasteiger partial charge in [0.15, 0.2) is 5.54 Å². The summed E-state index contributed by atoms with van der Waals surface area (Å²) in [6.45, 7) is 0.960. The molecule has 7 heteroatoms. The number of aliphatic carboxylic acids is 1. The van der Waals surface area contributed by atoms with E-state index in [0.29, 0.717) is 19.6 Å². The first-order valence-corrected chi connectivity index (χ1v) is 7.86. The third-order valence-corrected chi connectivity index (χ3v) is 3.79. The smallest absolute Gasteiger partial charge is 0.332 e. The summed E-state index contributed by atoms with van der Waals surface area (Å²) in [7, 11) is 0. The molecule has 1 atom stereocenters. The van der Waals surface area contributed by atoms with E-state index in [1.165, 1.54) is 0 Å². The molecule has 0 bridgehead atoms. The van der Waals surface area contributed by atoms with Crippen molar-refractivity contribution in [2.24, 2.45) is 0 Å². The third kappa shape index (κ3) is 5.28. The molecule has 2 amide bonds. The predicted octanol–water partition coefficient (Wildman–Crippen LogP) is 1.06. The maximum atomic E-state index is 11.7. The van der Waals surface area contributed by atoms with Gasteiger partial charge < -0.3 is 20.5 Å². The lowest BCUT2D eigenvalue weighted by Crippen LogP contribution is -2.57. The van der Waals surface area contributed by atoms with Crippen molar-refractivity contribution >= 4 is 23.8 Å². The van der Waals surface area contributed by atoms with Gasteiger partial charge in [-0.2, -0.15) is 11.8 Å². The van der Waals surface area contributed by atoms with Gasteiger partial charge in [0.25, 0.3) is 0 Å². The molecule has 110 valence electrons. The van der Waals surface area contributed by atoms with Crippen molar-refractivity contribution in [2.45, 2.75) is 31.2 Å². The molecule has 0 aromatic heterocycles. The SMILES string of the molecule is CSCCCCCNC(=O)NC1(C(=O)O)CCOC1. The van der Waals surface area contributed by atoms with Gasteiger partial charge in [0, 0.05) is 19.6 Å². The number of nitrogens with one attached hydrogen (secondary N) is 2. The van der Waals surface area contributed by atoms with Crippen LogP contribution in [0, 0.1) is 0 Å². The van der Waals surface area contributed by atoms with Gasteiger partial charge in [-0.3, -0.25) is 0 Å². The summed E-state index contributed by atoms with van der Waals surface area (Å²) in [4.78, 5) is 22.8. The third-order valence-electron chi connectivity index (χ3n) is 3.09. The molecule has 0 aromatic rings. The second-order valence-corrected chi connectivity index (χ2v) is 5.61. The molecule has 0 aromatic carbocycles. The van der Waals surface area contributed by atoms with E-state index < -0.39 is 17.5 Å². The Balaban J connectivity index is 2.21. The van der Waals surface area contributed by atoms with Crippen LogP contribution in [0.4, 0.5) is 4.79 Å². The van der Waals surface area contributed by atoms with Gasteiger partial charge in [0.2, 0.25) is 0 Å². The van der Waals surface area contributed by atoms with E-state index >= 15 is 0 Å². The van der Waals surface area contributed by atoms with Crippen LogP contribution in [0.25, 0.3) is 0 Å². The van der Waals surface area contributed by atoms with E-state index in [4.69, 9.17) is 9.84 Å². The van der Waals surface area contributed by atoms with Crippen molar-refractivity contribution in [2.75, 3.05) is 31.8 Å². The normalized spacial score (nSPS) is 22.2. The largest absolute Gasteiger partial charge is 0.479 e. The topological polar surface area (TPSA) is 87.7 Å². The van der Waals surface area contributed by atoms with Crippen molar-refractivity contribution in [1.82, 2.24) is 10.6 Å². The zero-order valence-corrected chi connectivity index (χ0v) is 12.1. The Kier molecular flexibility index (Phi) is 7.01. The maximum absolute atomic E-state index is 11.7. The number of urea groups is 1. The van der Waals surface area contributed by atoms with Gasteiger partial charge in [-0.05, 0) is 24.9 Å². The minimum Gasteiger partial charge on any atom is -0.479 e. The summed E-state index contributed by atoms with van der Waals surface area (Å²) < 4.78 is 5.07. The second kappa shape index (κ2) is 8.27. The van der Waals surface area contributed by atoms with E-state index in [9.17, 15) is 9.59 Å². The number of carboxylic acids is 1. The Hall–Kier alpha value is -0.950. The van der Waals surface area contributed by atoms with Crippen LogP contribution in [-0.4, -0.2) is 54.4 Å². The van der Waals surface area contributed by atoms with Crippen molar-refractivity contribution in [3.8, 4) is 0 Å². The number of ether oxygens (including phenoxy) is 1. The van der Waals surface area contributed by atoms with Crippen molar-refractivity contribution < 1.29 is 19.4 Å². The highest BCUT2D eigenvalue weighted by atomic mass is 32.2. The number of carboxylic acid groups (broad SMARTS) is 1. The van der Waals surface area contributed by atoms with Crippen LogP contribution in [-0.2, 0) is 9.53 Å². The highest BCUT2D eigenvalue weighted by molar-refractivity contribution is 7.98. The molecule has 1 rings (SSSR count). The molecule has 1 aliphatic heterocycles. The minimum absolute atomic E-state index is 0.0312. The molecule has 1 fully saturated rings. The molecule has 1 aliphatic rings. The Morgan fingerprint density at radius 1 is 1.37 bits per heavy atom. The van der Waals surface area contributed by atoms with Gasteiger partial charge in [0.05, 0.1) is 6.61 Å². The number of carbonyl (C=O) groups excluding carboxylic acids is 1. The van der Waals surface area contributed by atoms with Crippen LogP contribution in [0.1, 0.15) is 25.7 Å². The first kappa shape index (κ1) is 16.1. The highest BCUT2D eigenvalue weighted by Gasteiger charge is 2.43. The number of thioether (sulfide) groups is 1. The Labute approximate surface area is 117 Å². The fourth-order valence-corrected chi connectivity index (χ4v) is 2.39.